The first-order chi connectivity index (χ1) is 8.91. The molecular weight excluding hydrogens is 331 g/mol. The maximum absolute atomic E-state index is 13.4. The highest BCUT2D eigenvalue weighted by Crippen LogP contribution is 2.38. The first-order valence-electron chi connectivity index (χ1n) is 5.67. The van der Waals surface area contributed by atoms with Gasteiger partial charge in [-0.1, -0.05) is 23.7 Å². The summed E-state index contributed by atoms with van der Waals surface area (Å²) in [7, 11) is 0. The van der Waals surface area contributed by atoms with Crippen LogP contribution in [0.1, 0.15) is 22.8 Å². The van der Waals surface area contributed by atoms with Crippen molar-refractivity contribution in [2.75, 3.05) is 0 Å². The van der Waals surface area contributed by atoms with Gasteiger partial charge in [-0.15, -0.1) is 0 Å². The fraction of sp³-hybridized carbons (Fsp3) is 0.133. The van der Waals surface area contributed by atoms with E-state index in [0.717, 1.165) is 10.0 Å². The second-order valence-electron chi connectivity index (χ2n) is 4.29. The summed E-state index contributed by atoms with van der Waals surface area (Å²) in [6.07, 6.45) is 0. The summed E-state index contributed by atoms with van der Waals surface area (Å²) >= 11 is 9.55. The molecule has 2 rings (SSSR count). The first-order valence-corrected chi connectivity index (χ1v) is 6.84. The number of ketones is 1. The lowest BCUT2D eigenvalue weighted by Gasteiger charge is -2.14. The maximum atomic E-state index is 13.4. The molecule has 0 aliphatic heterocycles. The van der Waals surface area contributed by atoms with Gasteiger partial charge in [0, 0.05) is 20.6 Å². The van der Waals surface area contributed by atoms with Gasteiger partial charge < -0.3 is 0 Å². The van der Waals surface area contributed by atoms with E-state index in [1.54, 1.807) is 18.2 Å². The number of rotatable bonds is 2. The van der Waals surface area contributed by atoms with Crippen LogP contribution in [-0.2, 0) is 0 Å². The summed E-state index contributed by atoms with van der Waals surface area (Å²) in [5, 5.41) is 0.511. The van der Waals surface area contributed by atoms with E-state index in [4.69, 9.17) is 11.6 Å². The van der Waals surface area contributed by atoms with Crippen LogP contribution in [-0.4, -0.2) is 5.78 Å². The number of benzene rings is 2. The number of halogens is 3. The van der Waals surface area contributed by atoms with Crippen LogP contribution >= 0.6 is 27.5 Å². The van der Waals surface area contributed by atoms with Crippen molar-refractivity contribution in [1.29, 1.82) is 0 Å². The van der Waals surface area contributed by atoms with Crippen molar-refractivity contribution in [2.45, 2.75) is 13.8 Å². The Hall–Kier alpha value is -1.19. The molecule has 0 bridgehead atoms. The van der Waals surface area contributed by atoms with Gasteiger partial charge in [0.2, 0.25) is 0 Å². The molecular formula is C15H11BrClFO. The first kappa shape index (κ1) is 14.2. The van der Waals surface area contributed by atoms with Crippen LogP contribution in [0.2, 0.25) is 5.02 Å². The van der Waals surface area contributed by atoms with Crippen molar-refractivity contribution in [3.8, 4) is 11.1 Å². The van der Waals surface area contributed by atoms with E-state index < -0.39 is 0 Å². The molecule has 2 aromatic carbocycles. The van der Waals surface area contributed by atoms with Gasteiger partial charge in [0.25, 0.3) is 0 Å². The Bertz CT molecular complexity index is 667. The Kier molecular flexibility index (Phi) is 4.07. The van der Waals surface area contributed by atoms with Crippen LogP contribution < -0.4 is 0 Å². The number of hydrogen-bond donors (Lipinski definition) is 0. The van der Waals surface area contributed by atoms with Gasteiger partial charge in [-0.25, -0.2) is 4.39 Å². The van der Waals surface area contributed by atoms with Gasteiger partial charge in [-0.05, 0) is 59.1 Å². The lowest BCUT2D eigenvalue weighted by Crippen LogP contribution is -1.99. The van der Waals surface area contributed by atoms with Crippen molar-refractivity contribution < 1.29 is 9.18 Å². The Morgan fingerprint density at radius 1 is 1.32 bits per heavy atom. The molecule has 0 saturated heterocycles. The van der Waals surface area contributed by atoms with Crippen molar-refractivity contribution in [1.82, 2.24) is 0 Å². The van der Waals surface area contributed by atoms with Crippen molar-refractivity contribution in [3.05, 3.63) is 56.8 Å². The normalized spacial score (nSPS) is 10.6. The summed E-state index contributed by atoms with van der Waals surface area (Å²) in [6.45, 7) is 3.31. The van der Waals surface area contributed by atoms with Crippen LogP contribution in [0, 0.1) is 12.7 Å². The monoisotopic (exact) mass is 340 g/mol. The number of carbonyl (C=O) groups is 1. The minimum atomic E-state index is -0.341. The molecule has 0 unspecified atom stereocenters. The molecule has 2 aromatic rings. The van der Waals surface area contributed by atoms with E-state index in [1.807, 2.05) is 6.92 Å². The van der Waals surface area contributed by atoms with Crippen LogP contribution in [0.15, 0.2) is 34.8 Å². The zero-order valence-corrected chi connectivity index (χ0v) is 12.8. The smallest absolute Gasteiger partial charge is 0.160 e. The third-order valence-corrected chi connectivity index (χ3v) is 4.32. The zero-order valence-electron chi connectivity index (χ0n) is 10.4. The molecule has 0 radical (unpaired) electrons. The van der Waals surface area contributed by atoms with E-state index in [2.05, 4.69) is 15.9 Å². The molecule has 19 heavy (non-hydrogen) atoms. The third kappa shape index (κ3) is 2.72. The molecule has 0 saturated carbocycles. The molecule has 1 nitrogen and oxygen atoms in total. The molecule has 4 heteroatoms. The topological polar surface area (TPSA) is 17.1 Å². The second-order valence-corrected chi connectivity index (χ2v) is 5.49. The fourth-order valence-electron chi connectivity index (χ4n) is 1.92. The summed E-state index contributed by atoms with van der Waals surface area (Å²) in [4.78, 5) is 11.8. The van der Waals surface area contributed by atoms with Crippen LogP contribution in [0.25, 0.3) is 11.1 Å². The van der Waals surface area contributed by atoms with E-state index in [-0.39, 0.29) is 11.6 Å². The predicted octanol–water partition coefficient (Wildman–Crippen LogP) is 5.42. The lowest BCUT2D eigenvalue weighted by atomic mass is 9.95. The fourth-order valence-corrected chi connectivity index (χ4v) is 2.90. The summed E-state index contributed by atoms with van der Waals surface area (Å²) in [5.74, 6) is -0.451. The average molecular weight is 342 g/mol. The Balaban J connectivity index is 2.81. The largest absolute Gasteiger partial charge is 0.294 e. The van der Waals surface area contributed by atoms with Gasteiger partial charge in [-0.3, -0.25) is 4.79 Å². The van der Waals surface area contributed by atoms with E-state index in [0.29, 0.717) is 21.7 Å². The van der Waals surface area contributed by atoms with Crippen molar-refractivity contribution in [3.63, 3.8) is 0 Å². The molecule has 0 atom stereocenters. The molecule has 0 spiro atoms. The highest BCUT2D eigenvalue weighted by atomic mass is 79.9. The van der Waals surface area contributed by atoms with Crippen molar-refractivity contribution >= 4 is 33.3 Å². The molecule has 0 N–H and O–H groups in total. The standard InChI is InChI=1S/C15H11BrClFO/c1-8-13(17)7-12(9(2)19)14(15(8)16)10-4-3-5-11(18)6-10/h3-7H,1-2H3. The number of Topliss-reactive ketones (excluding diaryl/α,β-unsaturated/α-hetero) is 1. The minimum Gasteiger partial charge on any atom is -0.294 e. The Morgan fingerprint density at radius 3 is 2.58 bits per heavy atom. The molecule has 0 amide bonds. The molecule has 0 aliphatic rings. The number of hydrogen-bond acceptors (Lipinski definition) is 1. The van der Waals surface area contributed by atoms with E-state index in [1.165, 1.54) is 19.1 Å². The molecule has 0 fully saturated rings. The highest BCUT2D eigenvalue weighted by Gasteiger charge is 2.17. The molecule has 0 heterocycles. The van der Waals surface area contributed by atoms with Crippen LogP contribution in [0.3, 0.4) is 0 Å². The summed E-state index contributed by atoms with van der Waals surface area (Å²) in [6, 6.07) is 7.78. The summed E-state index contributed by atoms with van der Waals surface area (Å²) < 4.78 is 14.1. The van der Waals surface area contributed by atoms with E-state index in [9.17, 15) is 9.18 Å². The lowest BCUT2D eigenvalue weighted by molar-refractivity contribution is 0.101. The van der Waals surface area contributed by atoms with Crippen LogP contribution in [0.5, 0.6) is 0 Å². The average Bonchev–Trinajstić information content (AvgIpc) is 2.35. The third-order valence-electron chi connectivity index (χ3n) is 2.94. The maximum Gasteiger partial charge on any atom is 0.160 e. The van der Waals surface area contributed by atoms with Gasteiger partial charge >= 0.3 is 0 Å². The van der Waals surface area contributed by atoms with Gasteiger partial charge in [0.1, 0.15) is 5.82 Å². The second kappa shape index (κ2) is 5.43. The quantitative estimate of drug-likeness (QED) is 0.667. The van der Waals surface area contributed by atoms with Crippen LogP contribution in [0.4, 0.5) is 4.39 Å². The highest BCUT2D eigenvalue weighted by molar-refractivity contribution is 9.10. The summed E-state index contributed by atoms with van der Waals surface area (Å²) in [5.41, 5.74) is 2.63. The van der Waals surface area contributed by atoms with E-state index >= 15 is 0 Å². The SMILES string of the molecule is CC(=O)c1cc(Cl)c(C)c(Br)c1-c1cccc(F)c1. The number of carbonyl (C=O) groups excluding carboxylic acids is 1. The molecule has 0 aromatic heterocycles. The van der Waals surface area contributed by atoms with Gasteiger partial charge in [0.05, 0.1) is 0 Å². The predicted molar refractivity (Wildman–Crippen MR) is 79.3 cm³/mol. The van der Waals surface area contributed by atoms with Gasteiger partial charge in [0.15, 0.2) is 5.78 Å². The molecule has 98 valence electrons. The Labute approximate surface area is 124 Å². The Morgan fingerprint density at radius 2 is 2.00 bits per heavy atom. The molecule has 0 aliphatic carbocycles. The van der Waals surface area contributed by atoms with Gasteiger partial charge in [-0.2, -0.15) is 0 Å². The van der Waals surface area contributed by atoms with Crippen molar-refractivity contribution in [2.24, 2.45) is 0 Å². The minimum absolute atomic E-state index is 0.109. The zero-order chi connectivity index (χ0) is 14.2.